The molecule has 0 aliphatic heterocycles. The number of alkyl halides is 3. The molecule has 0 aliphatic carbocycles. The smallest absolute Gasteiger partial charge is 0.417 e. The van der Waals surface area contributed by atoms with Crippen molar-refractivity contribution in [2.45, 2.75) is 26.6 Å². The van der Waals surface area contributed by atoms with Gasteiger partial charge < -0.3 is 4.74 Å². The molecule has 7 heteroatoms. The van der Waals surface area contributed by atoms with Crippen molar-refractivity contribution in [3.05, 3.63) is 107 Å². The molecule has 3 aromatic carbocycles. The highest BCUT2D eigenvalue weighted by atomic mass is 19.4. The Kier molecular flexibility index (Phi) is 5.76. The van der Waals surface area contributed by atoms with Gasteiger partial charge in [-0.05, 0) is 61.9 Å². The van der Waals surface area contributed by atoms with Crippen molar-refractivity contribution in [2.24, 2.45) is 0 Å². The summed E-state index contributed by atoms with van der Waals surface area (Å²) >= 11 is 0. The Morgan fingerprint density at radius 3 is 2.20 bits per heavy atom. The average molecular weight is 473 g/mol. The number of ether oxygens (including phenoxy) is 1. The lowest BCUT2D eigenvalue weighted by atomic mass is 10.0. The van der Waals surface area contributed by atoms with E-state index in [4.69, 9.17) is 4.74 Å². The molecule has 0 N–H and O–H groups in total. The Morgan fingerprint density at radius 2 is 1.54 bits per heavy atom. The zero-order valence-electron chi connectivity index (χ0n) is 19.2. The van der Waals surface area contributed by atoms with E-state index in [0.29, 0.717) is 23.6 Å². The summed E-state index contributed by atoms with van der Waals surface area (Å²) in [6.45, 7) is 3.92. The van der Waals surface area contributed by atoms with Gasteiger partial charge in [0.2, 0.25) is 0 Å². The Bertz CT molecular complexity index is 1470. The van der Waals surface area contributed by atoms with Crippen molar-refractivity contribution in [2.75, 3.05) is 0 Å². The Hall–Kier alpha value is -4.13. The van der Waals surface area contributed by atoms with E-state index in [1.807, 2.05) is 61.5 Å². The molecule has 2 heterocycles. The Balaban J connectivity index is 1.56. The van der Waals surface area contributed by atoms with Crippen LogP contribution >= 0.6 is 0 Å². The first-order valence-electron chi connectivity index (χ1n) is 11.1. The first-order valence-corrected chi connectivity index (χ1v) is 11.1. The zero-order valence-corrected chi connectivity index (χ0v) is 19.2. The molecule has 5 aromatic rings. The minimum atomic E-state index is -4.55. The normalized spacial score (nSPS) is 11.7. The number of pyridine rings is 1. The summed E-state index contributed by atoms with van der Waals surface area (Å²) in [5, 5.41) is 4.40. The van der Waals surface area contributed by atoms with Gasteiger partial charge in [0, 0.05) is 5.56 Å². The molecular weight excluding hydrogens is 451 g/mol. The summed E-state index contributed by atoms with van der Waals surface area (Å²) in [5.74, 6) is 0.621. The van der Waals surface area contributed by atoms with Crippen molar-refractivity contribution in [1.29, 1.82) is 0 Å². The fraction of sp³-hybridized carbons (Fsp3) is 0.143. The fourth-order valence-corrected chi connectivity index (χ4v) is 3.99. The van der Waals surface area contributed by atoms with E-state index >= 15 is 0 Å². The van der Waals surface area contributed by atoms with E-state index in [2.05, 4.69) is 10.1 Å². The monoisotopic (exact) mass is 473 g/mol. The number of benzene rings is 3. The van der Waals surface area contributed by atoms with Crippen molar-refractivity contribution >= 4 is 11.0 Å². The molecule has 2 aromatic heterocycles. The van der Waals surface area contributed by atoms with Crippen LogP contribution in [-0.2, 0) is 12.8 Å². The van der Waals surface area contributed by atoms with Gasteiger partial charge >= 0.3 is 6.18 Å². The maximum atomic E-state index is 14.1. The minimum absolute atomic E-state index is 0.00430. The average Bonchev–Trinajstić information content (AvgIpc) is 3.19. The molecule has 0 spiro atoms. The molecule has 0 bridgehead atoms. The van der Waals surface area contributed by atoms with Crippen molar-refractivity contribution in [3.63, 3.8) is 0 Å². The van der Waals surface area contributed by atoms with Gasteiger partial charge in [0.15, 0.2) is 5.65 Å². The molecule has 0 unspecified atom stereocenters. The van der Waals surface area contributed by atoms with Gasteiger partial charge in [-0.2, -0.15) is 18.3 Å². The number of aromatic nitrogens is 3. The van der Waals surface area contributed by atoms with Crippen LogP contribution in [0, 0.1) is 13.8 Å². The third-order valence-corrected chi connectivity index (χ3v) is 5.80. The predicted molar refractivity (Wildman–Crippen MR) is 130 cm³/mol. The highest BCUT2D eigenvalue weighted by Gasteiger charge is 2.35. The van der Waals surface area contributed by atoms with E-state index in [1.54, 1.807) is 31.2 Å². The number of fused-ring (bicyclic) bond motifs is 1. The van der Waals surface area contributed by atoms with Crippen molar-refractivity contribution in [1.82, 2.24) is 14.8 Å². The van der Waals surface area contributed by atoms with Crippen LogP contribution in [0.4, 0.5) is 13.2 Å². The zero-order chi connectivity index (χ0) is 24.6. The molecule has 0 saturated carbocycles. The predicted octanol–water partition coefficient (Wildman–Crippen LogP) is 7.30. The van der Waals surface area contributed by atoms with Crippen LogP contribution in [0.1, 0.15) is 22.4 Å². The quantitative estimate of drug-likeness (QED) is 0.269. The van der Waals surface area contributed by atoms with Crippen LogP contribution in [0.3, 0.4) is 0 Å². The lowest BCUT2D eigenvalue weighted by Gasteiger charge is -2.12. The van der Waals surface area contributed by atoms with Gasteiger partial charge in [-0.1, -0.05) is 48.0 Å². The van der Waals surface area contributed by atoms with Gasteiger partial charge in [0.05, 0.1) is 28.0 Å². The number of hydrogen-bond donors (Lipinski definition) is 0. The van der Waals surface area contributed by atoms with Gasteiger partial charge in [-0.3, -0.25) is 0 Å². The largest absolute Gasteiger partial charge is 0.489 e. The van der Waals surface area contributed by atoms with Gasteiger partial charge in [-0.25, -0.2) is 9.67 Å². The molecule has 35 heavy (non-hydrogen) atoms. The first kappa shape index (κ1) is 22.7. The van der Waals surface area contributed by atoms with Gasteiger partial charge in [-0.15, -0.1) is 0 Å². The first-order chi connectivity index (χ1) is 16.8. The number of rotatable bonds is 5. The molecule has 0 saturated heterocycles. The van der Waals surface area contributed by atoms with E-state index in [0.717, 1.165) is 17.2 Å². The van der Waals surface area contributed by atoms with Crippen LogP contribution in [-0.4, -0.2) is 14.8 Å². The molecule has 0 aliphatic rings. The van der Waals surface area contributed by atoms with Crippen molar-refractivity contribution in [3.8, 4) is 22.7 Å². The molecular formula is C28H22F3N3O. The third kappa shape index (κ3) is 4.62. The molecule has 4 nitrogen and oxygen atoms in total. The topological polar surface area (TPSA) is 39.9 Å². The standard InChI is InChI=1S/C28H22F3N3O/c1-18-8-12-22(13-9-18)34-27-26(19(2)33-34)24(28(29,30)31)16-25(32-27)21-10-14-23(15-11-21)35-17-20-6-4-3-5-7-20/h3-16H,17H2,1-2H3. The molecule has 176 valence electrons. The van der Waals surface area contributed by atoms with E-state index < -0.39 is 11.7 Å². The fourth-order valence-electron chi connectivity index (χ4n) is 3.99. The number of nitrogens with zero attached hydrogens (tertiary/aromatic N) is 3. The van der Waals surface area contributed by atoms with Crippen LogP contribution in [0.15, 0.2) is 84.9 Å². The second-order valence-electron chi connectivity index (χ2n) is 8.38. The van der Waals surface area contributed by atoms with Crippen molar-refractivity contribution < 1.29 is 17.9 Å². The summed E-state index contributed by atoms with van der Waals surface area (Å²) in [4.78, 5) is 4.62. The highest BCUT2D eigenvalue weighted by Crippen LogP contribution is 2.39. The lowest BCUT2D eigenvalue weighted by Crippen LogP contribution is -2.08. The van der Waals surface area contributed by atoms with Gasteiger partial charge in [0.1, 0.15) is 12.4 Å². The summed E-state index contributed by atoms with van der Waals surface area (Å²) in [5.41, 5.74) is 3.18. The van der Waals surface area contributed by atoms with E-state index in [1.165, 1.54) is 4.68 Å². The number of aryl methyl sites for hydroxylation is 2. The van der Waals surface area contributed by atoms with Crippen LogP contribution in [0.2, 0.25) is 0 Å². The minimum Gasteiger partial charge on any atom is -0.489 e. The summed E-state index contributed by atoms with van der Waals surface area (Å²) in [6.07, 6.45) is -4.55. The van der Waals surface area contributed by atoms with E-state index in [9.17, 15) is 13.2 Å². The number of hydrogen-bond acceptors (Lipinski definition) is 3. The Labute approximate surface area is 200 Å². The van der Waals surface area contributed by atoms with E-state index in [-0.39, 0.29) is 22.4 Å². The third-order valence-electron chi connectivity index (χ3n) is 5.80. The second kappa shape index (κ2) is 8.91. The van der Waals surface area contributed by atoms with Crippen LogP contribution in [0.5, 0.6) is 5.75 Å². The van der Waals surface area contributed by atoms with Crippen LogP contribution in [0.25, 0.3) is 28.0 Å². The number of halogens is 3. The SMILES string of the molecule is Cc1ccc(-n2nc(C)c3c(C(F)(F)F)cc(-c4ccc(OCc5ccccc5)cc4)nc32)cc1. The van der Waals surface area contributed by atoms with Gasteiger partial charge in [0.25, 0.3) is 0 Å². The highest BCUT2D eigenvalue weighted by molar-refractivity contribution is 5.87. The molecule has 0 atom stereocenters. The molecule has 0 radical (unpaired) electrons. The maximum absolute atomic E-state index is 14.1. The lowest BCUT2D eigenvalue weighted by molar-refractivity contribution is -0.136. The molecule has 0 amide bonds. The van der Waals surface area contributed by atoms with Crippen LogP contribution < -0.4 is 4.74 Å². The second-order valence-corrected chi connectivity index (χ2v) is 8.38. The maximum Gasteiger partial charge on any atom is 0.417 e. The summed E-state index contributed by atoms with van der Waals surface area (Å²) in [6, 6.07) is 25.2. The summed E-state index contributed by atoms with van der Waals surface area (Å²) in [7, 11) is 0. The molecule has 0 fully saturated rings. The Morgan fingerprint density at radius 1 is 0.857 bits per heavy atom. The summed E-state index contributed by atoms with van der Waals surface area (Å²) < 4.78 is 49.6. The molecule has 5 rings (SSSR count).